The summed E-state index contributed by atoms with van der Waals surface area (Å²) in [5, 5.41) is 12.4. The van der Waals surface area contributed by atoms with E-state index in [1.165, 1.54) is 0 Å². The Hall–Kier alpha value is 0.270. The summed E-state index contributed by atoms with van der Waals surface area (Å²) in [6.45, 7) is 4.70. The molecule has 3 heteroatoms. The number of hydrogen-bond acceptors (Lipinski definition) is 3. The van der Waals surface area contributed by atoms with Crippen molar-refractivity contribution in [1.29, 1.82) is 0 Å². The fraction of sp³-hybridized carbons (Fsp3) is 1.00. The Balaban J connectivity index is 3.28. The standard InChI is InChI=1S/C8H19NOS/c1-7(9-3)8(2)11-6-4-5-10/h7-10H,4-6H2,1-3H3. The minimum Gasteiger partial charge on any atom is -0.396 e. The van der Waals surface area contributed by atoms with Gasteiger partial charge in [0.15, 0.2) is 0 Å². The maximum Gasteiger partial charge on any atom is 0.0438 e. The minimum atomic E-state index is 0.313. The molecule has 2 unspecified atom stereocenters. The van der Waals surface area contributed by atoms with Gasteiger partial charge in [-0.1, -0.05) is 6.92 Å². The summed E-state index contributed by atoms with van der Waals surface area (Å²) >= 11 is 1.91. The Kier molecular flexibility index (Phi) is 7.12. The van der Waals surface area contributed by atoms with Crippen LogP contribution in [0.2, 0.25) is 0 Å². The van der Waals surface area contributed by atoms with E-state index >= 15 is 0 Å². The van der Waals surface area contributed by atoms with Gasteiger partial charge in [-0.25, -0.2) is 0 Å². The number of thioether (sulfide) groups is 1. The van der Waals surface area contributed by atoms with E-state index in [9.17, 15) is 0 Å². The normalized spacial score (nSPS) is 16.4. The first-order chi connectivity index (χ1) is 5.22. The summed E-state index contributed by atoms with van der Waals surface area (Å²) in [7, 11) is 1.98. The third-order valence-electron chi connectivity index (χ3n) is 1.84. The van der Waals surface area contributed by atoms with Gasteiger partial charge in [0.25, 0.3) is 0 Å². The molecule has 0 bridgehead atoms. The highest BCUT2D eigenvalue weighted by molar-refractivity contribution is 7.99. The molecule has 0 spiro atoms. The second-order valence-electron chi connectivity index (χ2n) is 2.73. The Morgan fingerprint density at radius 3 is 2.55 bits per heavy atom. The van der Waals surface area contributed by atoms with Crippen molar-refractivity contribution in [2.24, 2.45) is 0 Å². The maximum atomic E-state index is 8.55. The van der Waals surface area contributed by atoms with Crippen molar-refractivity contribution >= 4 is 11.8 Å². The summed E-state index contributed by atoms with van der Waals surface area (Å²) in [6, 6.07) is 0.554. The molecule has 11 heavy (non-hydrogen) atoms. The molecule has 2 nitrogen and oxygen atoms in total. The highest BCUT2D eigenvalue weighted by Gasteiger charge is 2.08. The van der Waals surface area contributed by atoms with Crippen LogP contribution in [0.15, 0.2) is 0 Å². The molecule has 2 N–H and O–H groups in total. The highest BCUT2D eigenvalue weighted by Crippen LogP contribution is 2.14. The Morgan fingerprint density at radius 1 is 1.45 bits per heavy atom. The van der Waals surface area contributed by atoms with Crippen LogP contribution >= 0.6 is 11.8 Å². The van der Waals surface area contributed by atoms with Crippen LogP contribution in [0.1, 0.15) is 20.3 Å². The molecule has 0 aliphatic carbocycles. The van der Waals surface area contributed by atoms with Gasteiger partial charge in [-0.15, -0.1) is 0 Å². The molecule has 68 valence electrons. The predicted octanol–water partition coefficient (Wildman–Crippen LogP) is 1.10. The number of rotatable bonds is 6. The van der Waals surface area contributed by atoms with Crippen LogP contribution in [0, 0.1) is 0 Å². The molecule has 2 atom stereocenters. The van der Waals surface area contributed by atoms with Crippen LogP contribution in [0.5, 0.6) is 0 Å². The zero-order chi connectivity index (χ0) is 8.69. The predicted molar refractivity (Wildman–Crippen MR) is 52.1 cm³/mol. The SMILES string of the molecule is CNC(C)C(C)SCCCO. The average Bonchev–Trinajstić information content (AvgIpc) is 2.03. The fourth-order valence-electron chi connectivity index (χ4n) is 0.713. The number of aliphatic hydroxyl groups is 1. The van der Waals surface area contributed by atoms with Crippen molar-refractivity contribution in [3.05, 3.63) is 0 Å². The molecule has 0 saturated heterocycles. The van der Waals surface area contributed by atoms with Crippen molar-refractivity contribution in [3.63, 3.8) is 0 Å². The number of nitrogens with one attached hydrogen (secondary N) is 1. The van der Waals surface area contributed by atoms with Crippen LogP contribution < -0.4 is 5.32 Å². The van der Waals surface area contributed by atoms with Crippen molar-refractivity contribution < 1.29 is 5.11 Å². The molecule has 0 aliphatic heterocycles. The second-order valence-corrected chi connectivity index (χ2v) is 4.22. The lowest BCUT2D eigenvalue weighted by molar-refractivity contribution is 0.296. The van der Waals surface area contributed by atoms with E-state index in [0.717, 1.165) is 12.2 Å². The monoisotopic (exact) mass is 177 g/mol. The lowest BCUT2D eigenvalue weighted by Crippen LogP contribution is -2.30. The van der Waals surface area contributed by atoms with E-state index in [0.29, 0.717) is 17.9 Å². The smallest absolute Gasteiger partial charge is 0.0438 e. The summed E-state index contributed by atoms with van der Waals surface area (Å²) in [5.41, 5.74) is 0. The van der Waals surface area contributed by atoms with Crippen LogP contribution in [0.3, 0.4) is 0 Å². The molecule has 0 aromatic carbocycles. The maximum absolute atomic E-state index is 8.55. The quantitative estimate of drug-likeness (QED) is 0.596. The van der Waals surface area contributed by atoms with Crippen LogP contribution in [-0.4, -0.2) is 35.8 Å². The van der Waals surface area contributed by atoms with Crippen LogP contribution in [-0.2, 0) is 0 Å². The summed E-state index contributed by atoms with van der Waals surface area (Å²) in [6.07, 6.45) is 0.908. The van der Waals surface area contributed by atoms with Crippen molar-refractivity contribution in [3.8, 4) is 0 Å². The minimum absolute atomic E-state index is 0.313. The van der Waals surface area contributed by atoms with E-state index < -0.39 is 0 Å². The molecule has 0 aliphatic rings. The van der Waals surface area contributed by atoms with Gasteiger partial charge in [0, 0.05) is 17.9 Å². The summed E-state index contributed by atoms with van der Waals surface area (Å²) in [4.78, 5) is 0. The molecule has 0 heterocycles. The van der Waals surface area contributed by atoms with Gasteiger partial charge in [-0.3, -0.25) is 0 Å². The molecular weight excluding hydrogens is 158 g/mol. The van der Waals surface area contributed by atoms with Crippen molar-refractivity contribution in [2.75, 3.05) is 19.4 Å². The zero-order valence-electron chi connectivity index (χ0n) is 7.63. The lowest BCUT2D eigenvalue weighted by atomic mass is 10.3. The van der Waals surface area contributed by atoms with Crippen molar-refractivity contribution in [1.82, 2.24) is 5.32 Å². The van der Waals surface area contributed by atoms with Gasteiger partial charge in [-0.2, -0.15) is 11.8 Å². The van der Waals surface area contributed by atoms with Gasteiger partial charge in [0.05, 0.1) is 0 Å². The topological polar surface area (TPSA) is 32.3 Å². The molecule has 0 fully saturated rings. The Bertz CT molecular complexity index is 90.2. The van der Waals surface area contributed by atoms with Gasteiger partial charge < -0.3 is 10.4 Å². The lowest BCUT2D eigenvalue weighted by Gasteiger charge is -2.18. The molecule has 0 aromatic rings. The van der Waals surface area contributed by atoms with Gasteiger partial charge in [0.2, 0.25) is 0 Å². The van der Waals surface area contributed by atoms with Gasteiger partial charge in [0.1, 0.15) is 0 Å². The molecule has 0 radical (unpaired) electrons. The van der Waals surface area contributed by atoms with E-state index in [-0.39, 0.29) is 0 Å². The van der Waals surface area contributed by atoms with E-state index in [1.807, 2.05) is 18.8 Å². The third kappa shape index (κ3) is 5.53. The molecule has 0 rings (SSSR count). The fourth-order valence-corrected chi connectivity index (χ4v) is 1.81. The van der Waals surface area contributed by atoms with Gasteiger partial charge in [-0.05, 0) is 26.1 Å². The summed E-state index contributed by atoms with van der Waals surface area (Å²) < 4.78 is 0. The van der Waals surface area contributed by atoms with E-state index in [1.54, 1.807) is 0 Å². The first kappa shape index (κ1) is 11.3. The van der Waals surface area contributed by atoms with Crippen LogP contribution in [0.25, 0.3) is 0 Å². The largest absolute Gasteiger partial charge is 0.396 e. The third-order valence-corrected chi connectivity index (χ3v) is 3.30. The Morgan fingerprint density at radius 2 is 2.09 bits per heavy atom. The first-order valence-electron chi connectivity index (χ1n) is 4.12. The molecule has 0 saturated carbocycles. The molecule has 0 aromatic heterocycles. The number of aliphatic hydroxyl groups excluding tert-OH is 1. The van der Waals surface area contributed by atoms with Crippen LogP contribution in [0.4, 0.5) is 0 Å². The van der Waals surface area contributed by atoms with E-state index in [2.05, 4.69) is 19.2 Å². The summed E-state index contributed by atoms with van der Waals surface area (Å²) in [5.74, 6) is 1.06. The van der Waals surface area contributed by atoms with Crippen molar-refractivity contribution in [2.45, 2.75) is 31.6 Å². The van der Waals surface area contributed by atoms with E-state index in [4.69, 9.17) is 5.11 Å². The zero-order valence-corrected chi connectivity index (χ0v) is 8.45. The number of hydrogen-bond donors (Lipinski definition) is 2. The highest BCUT2D eigenvalue weighted by atomic mass is 32.2. The Labute approximate surface area is 73.8 Å². The van der Waals surface area contributed by atoms with Gasteiger partial charge >= 0.3 is 0 Å². The first-order valence-corrected chi connectivity index (χ1v) is 5.17. The molecule has 0 amide bonds. The molecular formula is C8H19NOS. The second kappa shape index (κ2) is 6.95. The average molecular weight is 177 g/mol.